The van der Waals surface area contributed by atoms with Crippen LogP contribution in [0.25, 0.3) is 17.3 Å². The van der Waals surface area contributed by atoms with Gasteiger partial charge in [-0.3, -0.25) is 9.20 Å². The molecule has 35 heavy (non-hydrogen) atoms. The summed E-state index contributed by atoms with van der Waals surface area (Å²) in [5.41, 5.74) is 4.15. The third-order valence-electron chi connectivity index (χ3n) is 6.41. The molecule has 0 saturated carbocycles. The first kappa shape index (κ1) is 24.7. The minimum Gasteiger partial charge on any atom is -0.493 e. The average molecular weight is 476 g/mol. The summed E-state index contributed by atoms with van der Waals surface area (Å²) in [6.07, 6.45) is 5.99. The molecule has 184 valence electrons. The normalized spacial score (nSPS) is 14.3. The van der Waals surface area contributed by atoms with Gasteiger partial charge in [-0.1, -0.05) is 32.0 Å². The summed E-state index contributed by atoms with van der Waals surface area (Å²) in [5.74, 6) is 0.382. The number of para-hydroxylation sites is 1. The SMILES string of the molecule is CCOc1ccccc1C=C1CCCc2c1nc1ccc(C(=O)OCCN(CC)CC)cn1c2=O. The lowest BCUT2D eigenvalue weighted by Gasteiger charge is -2.19. The van der Waals surface area contributed by atoms with Gasteiger partial charge in [0.05, 0.1) is 17.9 Å². The molecular formula is C28H33N3O4. The van der Waals surface area contributed by atoms with Crippen molar-refractivity contribution in [1.29, 1.82) is 0 Å². The van der Waals surface area contributed by atoms with Crippen LogP contribution < -0.4 is 10.3 Å². The van der Waals surface area contributed by atoms with Gasteiger partial charge in [-0.2, -0.15) is 0 Å². The van der Waals surface area contributed by atoms with Gasteiger partial charge in [0.15, 0.2) is 0 Å². The number of pyridine rings is 1. The van der Waals surface area contributed by atoms with E-state index in [9.17, 15) is 9.59 Å². The summed E-state index contributed by atoms with van der Waals surface area (Å²) in [6.45, 7) is 9.51. The highest BCUT2D eigenvalue weighted by Gasteiger charge is 2.22. The van der Waals surface area contributed by atoms with Crippen molar-refractivity contribution in [2.24, 2.45) is 0 Å². The van der Waals surface area contributed by atoms with Gasteiger partial charge in [0.1, 0.15) is 18.0 Å². The molecule has 0 spiro atoms. The van der Waals surface area contributed by atoms with Crippen molar-refractivity contribution in [2.45, 2.75) is 40.0 Å². The second kappa shape index (κ2) is 11.3. The number of carbonyl (C=O) groups is 1. The van der Waals surface area contributed by atoms with Crippen molar-refractivity contribution < 1.29 is 14.3 Å². The Morgan fingerprint density at radius 2 is 1.91 bits per heavy atom. The summed E-state index contributed by atoms with van der Waals surface area (Å²) in [5, 5.41) is 0. The number of carbonyl (C=O) groups excluding carboxylic acids is 1. The van der Waals surface area contributed by atoms with Crippen LogP contribution in [0.4, 0.5) is 0 Å². The summed E-state index contributed by atoms with van der Waals surface area (Å²) < 4.78 is 12.7. The van der Waals surface area contributed by atoms with Crippen LogP contribution >= 0.6 is 0 Å². The Kier molecular flexibility index (Phi) is 7.98. The molecule has 0 bridgehead atoms. The maximum absolute atomic E-state index is 13.4. The number of rotatable bonds is 9. The third-order valence-corrected chi connectivity index (χ3v) is 6.41. The fraction of sp³-hybridized carbons (Fsp3) is 0.393. The van der Waals surface area contributed by atoms with Crippen LogP contribution in [0.1, 0.15) is 60.8 Å². The molecule has 3 aromatic rings. The summed E-state index contributed by atoms with van der Waals surface area (Å²) in [7, 11) is 0. The molecule has 7 nitrogen and oxygen atoms in total. The van der Waals surface area contributed by atoms with Crippen LogP contribution in [0.5, 0.6) is 5.75 Å². The summed E-state index contributed by atoms with van der Waals surface area (Å²) >= 11 is 0. The lowest BCUT2D eigenvalue weighted by molar-refractivity contribution is 0.0466. The van der Waals surface area contributed by atoms with Gasteiger partial charge in [0.25, 0.3) is 5.56 Å². The van der Waals surface area contributed by atoms with Crippen LogP contribution in [0.2, 0.25) is 0 Å². The molecule has 0 N–H and O–H groups in total. The number of allylic oxidation sites excluding steroid dienone is 1. The number of esters is 1. The van der Waals surface area contributed by atoms with Gasteiger partial charge in [-0.15, -0.1) is 0 Å². The number of hydrogen-bond acceptors (Lipinski definition) is 6. The van der Waals surface area contributed by atoms with Crippen molar-refractivity contribution in [3.05, 3.63) is 75.3 Å². The van der Waals surface area contributed by atoms with Crippen molar-refractivity contribution in [2.75, 3.05) is 32.8 Å². The van der Waals surface area contributed by atoms with E-state index in [1.807, 2.05) is 31.2 Å². The number of fused-ring (bicyclic) bond motifs is 2. The maximum Gasteiger partial charge on any atom is 0.339 e. The van der Waals surface area contributed by atoms with E-state index in [1.54, 1.807) is 18.3 Å². The number of ether oxygens (including phenoxy) is 2. The lowest BCUT2D eigenvalue weighted by Crippen LogP contribution is -2.28. The Morgan fingerprint density at radius 3 is 2.69 bits per heavy atom. The smallest absolute Gasteiger partial charge is 0.339 e. The molecular weight excluding hydrogens is 442 g/mol. The molecule has 7 heteroatoms. The average Bonchev–Trinajstić information content (AvgIpc) is 2.88. The summed E-state index contributed by atoms with van der Waals surface area (Å²) in [6, 6.07) is 11.3. The molecule has 0 amide bonds. The van der Waals surface area contributed by atoms with Gasteiger partial charge < -0.3 is 14.4 Å². The molecule has 1 aromatic carbocycles. The molecule has 0 saturated heterocycles. The topological polar surface area (TPSA) is 73.1 Å². The second-order valence-electron chi connectivity index (χ2n) is 8.55. The van der Waals surface area contributed by atoms with Gasteiger partial charge in [0, 0.05) is 23.9 Å². The Hall–Kier alpha value is -3.45. The van der Waals surface area contributed by atoms with E-state index in [0.717, 1.165) is 48.5 Å². The Balaban J connectivity index is 1.64. The monoisotopic (exact) mass is 475 g/mol. The van der Waals surface area contributed by atoms with Crippen molar-refractivity contribution in [3.8, 4) is 5.75 Å². The molecule has 0 unspecified atom stereocenters. The second-order valence-corrected chi connectivity index (χ2v) is 8.55. The highest BCUT2D eigenvalue weighted by Crippen LogP contribution is 2.32. The summed E-state index contributed by atoms with van der Waals surface area (Å²) in [4.78, 5) is 33.0. The molecule has 2 aromatic heterocycles. The first-order valence-electron chi connectivity index (χ1n) is 12.4. The van der Waals surface area contributed by atoms with Crippen LogP contribution in [-0.4, -0.2) is 53.1 Å². The van der Waals surface area contributed by atoms with E-state index < -0.39 is 5.97 Å². The van der Waals surface area contributed by atoms with E-state index in [4.69, 9.17) is 14.5 Å². The fourth-order valence-electron chi connectivity index (χ4n) is 4.47. The zero-order valence-corrected chi connectivity index (χ0v) is 20.8. The van der Waals surface area contributed by atoms with Gasteiger partial charge in [-0.25, -0.2) is 9.78 Å². The molecule has 0 atom stereocenters. The number of nitrogens with zero attached hydrogens (tertiary/aromatic N) is 3. The third kappa shape index (κ3) is 5.46. The zero-order chi connectivity index (χ0) is 24.8. The van der Waals surface area contributed by atoms with E-state index in [0.29, 0.717) is 43.0 Å². The Labute approximate surface area is 206 Å². The van der Waals surface area contributed by atoms with Crippen molar-refractivity contribution in [1.82, 2.24) is 14.3 Å². The van der Waals surface area contributed by atoms with Crippen LogP contribution in [0, 0.1) is 0 Å². The lowest BCUT2D eigenvalue weighted by atomic mass is 9.90. The van der Waals surface area contributed by atoms with Gasteiger partial charge in [0.2, 0.25) is 0 Å². The molecule has 0 fully saturated rings. The van der Waals surface area contributed by atoms with Crippen molar-refractivity contribution in [3.63, 3.8) is 0 Å². The molecule has 4 rings (SSSR count). The van der Waals surface area contributed by atoms with E-state index >= 15 is 0 Å². The first-order chi connectivity index (χ1) is 17.0. The molecule has 2 heterocycles. The van der Waals surface area contributed by atoms with E-state index in [-0.39, 0.29) is 5.56 Å². The number of benzene rings is 1. The largest absolute Gasteiger partial charge is 0.493 e. The molecule has 0 aliphatic heterocycles. The highest BCUT2D eigenvalue weighted by atomic mass is 16.5. The molecule has 1 aliphatic rings. The van der Waals surface area contributed by atoms with E-state index in [2.05, 4.69) is 24.8 Å². The Morgan fingerprint density at radius 1 is 1.11 bits per heavy atom. The maximum atomic E-state index is 13.4. The van der Waals surface area contributed by atoms with Crippen LogP contribution in [0.3, 0.4) is 0 Å². The van der Waals surface area contributed by atoms with Crippen molar-refractivity contribution >= 4 is 23.3 Å². The highest BCUT2D eigenvalue weighted by molar-refractivity contribution is 5.89. The number of hydrogen-bond donors (Lipinski definition) is 0. The quantitative estimate of drug-likeness (QED) is 0.425. The fourth-order valence-corrected chi connectivity index (χ4v) is 4.47. The first-order valence-corrected chi connectivity index (χ1v) is 12.4. The Bertz CT molecular complexity index is 1290. The molecule has 1 aliphatic carbocycles. The predicted molar refractivity (Wildman–Crippen MR) is 138 cm³/mol. The predicted octanol–water partition coefficient (Wildman–Crippen LogP) is 4.47. The zero-order valence-electron chi connectivity index (χ0n) is 20.8. The molecule has 0 radical (unpaired) electrons. The number of aromatic nitrogens is 2. The van der Waals surface area contributed by atoms with E-state index in [1.165, 1.54) is 4.40 Å². The van der Waals surface area contributed by atoms with Crippen LogP contribution in [-0.2, 0) is 11.2 Å². The van der Waals surface area contributed by atoms with Crippen LogP contribution in [0.15, 0.2) is 47.4 Å². The van der Waals surface area contributed by atoms with Gasteiger partial charge in [-0.05, 0) is 69.1 Å². The standard InChI is InChI=1S/C28H33N3O4/c1-4-30(5-2)16-17-35-28(33)22-14-15-25-29-26-21(11-9-12-23(26)27(32)31(25)19-22)18-20-10-7-8-13-24(20)34-6-3/h7-8,10,13-15,18-19H,4-6,9,11-12,16-17H2,1-3H3. The minimum absolute atomic E-state index is 0.133. The van der Waals surface area contributed by atoms with Gasteiger partial charge >= 0.3 is 5.97 Å². The minimum atomic E-state index is -0.434. The number of likely N-dealkylation sites (N-methyl/N-ethyl adjacent to an activating group) is 1.